The second kappa shape index (κ2) is 11.7. The number of hydrogen-bond acceptors (Lipinski definition) is 4. The number of amides is 1. The number of ether oxygens (including phenoxy) is 1. The fourth-order valence-corrected chi connectivity index (χ4v) is 3.84. The lowest BCUT2D eigenvalue weighted by Crippen LogP contribution is -2.37. The Kier molecular flexibility index (Phi) is 9.28. The molecule has 1 fully saturated rings. The van der Waals surface area contributed by atoms with Crippen molar-refractivity contribution in [1.82, 2.24) is 9.80 Å². The molecule has 1 atom stereocenters. The van der Waals surface area contributed by atoms with Gasteiger partial charge in [0, 0.05) is 25.6 Å². The van der Waals surface area contributed by atoms with E-state index in [9.17, 15) is 9.59 Å². The highest BCUT2D eigenvalue weighted by atomic mass is 16.5. The predicted octanol–water partition coefficient (Wildman–Crippen LogP) is 3.20. The summed E-state index contributed by atoms with van der Waals surface area (Å²) in [6.45, 7) is 1.59. The van der Waals surface area contributed by atoms with Crippen LogP contribution in [0.2, 0.25) is 0 Å². The van der Waals surface area contributed by atoms with Crippen LogP contribution in [0.25, 0.3) is 0 Å². The molecule has 0 bridgehead atoms. The smallest absolute Gasteiger partial charge is 0.317 e. The highest BCUT2D eigenvalue weighted by Crippen LogP contribution is 2.18. The number of hydrogen-bond donors (Lipinski definition) is 1. The summed E-state index contributed by atoms with van der Waals surface area (Å²) in [4.78, 5) is 27.3. The minimum atomic E-state index is -0.797. The third-order valence-corrected chi connectivity index (χ3v) is 5.57. The first-order chi connectivity index (χ1) is 13.5. The van der Waals surface area contributed by atoms with Crippen LogP contribution in [0.5, 0.6) is 5.75 Å². The number of aryl methyl sites for hydroxylation is 1. The molecule has 1 aliphatic rings. The molecule has 0 spiro atoms. The van der Waals surface area contributed by atoms with E-state index in [1.807, 2.05) is 29.0 Å². The number of rotatable bonds is 10. The number of nitrogens with zero attached hydrogens (tertiary/aromatic N) is 2. The third kappa shape index (κ3) is 7.50. The summed E-state index contributed by atoms with van der Waals surface area (Å²) in [5.41, 5.74) is 1.30. The Balaban J connectivity index is 1.63. The van der Waals surface area contributed by atoms with Crippen LogP contribution in [-0.4, -0.2) is 66.6 Å². The van der Waals surface area contributed by atoms with E-state index in [1.54, 1.807) is 7.11 Å². The number of likely N-dealkylation sites (tertiary alicyclic amines) is 1. The van der Waals surface area contributed by atoms with E-state index in [4.69, 9.17) is 9.84 Å². The first kappa shape index (κ1) is 22.2. The molecule has 6 nitrogen and oxygen atoms in total. The quantitative estimate of drug-likeness (QED) is 0.621. The summed E-state index contributed by atoms with van der Waals surface area (Å²) >= 11 is 0. The van der Waals surface area contributed by atoms with Crippen LogP contribution >= 0.6 is 0 Å². The standard InChI is InChI=1S/C22H34N2O4/c1-23(17-22(26)27)19-8-6-15-24(16-14-19)21(25)9-5-3-4-7-18-10-12-20(28-2)13-11-18/h10-13,19H,3-9,14-17H2,1-2H3,(H,26,27). The summed E-state index contributed by atoms with van der Waals surface area (Å²) in [5.74, 6) is 0.323. The van der Waals surface area contributed by atoms with Gasteiger partial charge in [-0.1, -0.05) is 18.6 Å². The summed E-state index contributed by atoms with van der Waals surface area (Å²) in [6, 6.07) is 8.41. The zero-order valence-corrected chi connectivity index (χ0v) is 17.2. The molecule has 1 saturated heterocycles. The molecule has 0 radical (unpaired) electrons. The second-order valence-corrected chi connectivity index (χ2v) is 7.68. The lowest BCUT2D eigenvalue weighted by molar-refractivity contribution is -0.138. The fraction of sp³-hybridized carbons (Fsp3) is 0.636. The molecule has 1 aromatic rings. The molecule has 0 aliphatic carbocycles. The van der Waals surface area contributed by atoms with Gasteiger partial charge in [-0.25, -0.2) is 0 Å². The van der Waals surface area contributed by atoms with Crippen LogP contribution in [0.3, 0.4) is 0 Å². The molecule has 0 aromatic heterocycles. The van der Waals surface area contributed by atoms with Crippen molar-refractivity contribution in [1.29, 1.82) is 0 Å². The van der Waals surface area contributed by atoms with E-state index in [-0.39, 0.29) is 18.5 Å². The van der Waals surface area contributed by atoms with Crippen LogP contribution in [0.15, 0.2) is 24.3 Å². The van der Waals surface area contributed by atoms with Gasteiger partial charge in [-0.2, -0.15) is 0 Å². The van der Waals surface area contributed by atoms with E-state index < -0.39 is 5.97 Å². The number of methoxy groups -OCH3 is 1. The Morgan fingerprint density at radius 2 is 1.89 bits per heavy atom. The van der Waals surface area contributed by atoms with Gasteiger partial charge in [0.1, 0.15) is 5.75 Å². The number of carbonyl (C=O) groups excluding carboxylic acids is 1. The van der Waals surface area contributed by atoms with Crippen molar-refractivity contribution in [2.45, 2.75) is 57.4 Å². The Morgan fingerprint density at radius 1 is 1.14 bits per heavy atom. The molecular weight excluding hydrogens is 356 g/mol. The van der Waals surface area contributed by atoms with Crippen molar-refractivity contribution < 1.29 is 19.4 Å². The molecule has 28 heavy (non-hydrogen) atoms. The maximum atomic E-state index is 12.5. The number of carboxylic acid groups (broad SMARTS) is 1. The molecular formula is C22H34N2O4. The van der Waals surface area contributed by atoms with Crippen molar-refractivity contribution in [2.75, 3.05) is 33.8 Å². The number of likely N-dealkylation sites (N-methyl/N-ethyl adjacent to an activating group) is 1. The van der Waals surface area contributed by atoms with Gasteiger partial charge in [-0.3, -0.25) is 14.5 Å². The monoisotopic (exact) mass is 390 g/mol. The Hall–Kier alpha value is -2.08. The molecule has 1 aromatic carbocycles. The maximum Gasteiger partial charge on any atom is 0.317 e. The summed E-state index contributed by atoms with van der Waals surface area (Å²) < 4.78 is 5.17. The lowest BCUT2D eigenvalue weighted by Gasteiger charge is -2.25. The van der Waals surface area contributed by atoms with Crippen molar-refractivity contribution in [3.63, 3.8) is 0 Å². The lowest BCUT2D eigenvalue weighted by atomic mass is 10.1. The summed E-state index contributed by atoms with van der Waals surface area (Å²) in [7, 11) is 3.53. The predicted molar refractivity (Wildman–Crippen MR) is 110 cm³/mol. The number of unbranched alkanes of at least 4 members (excludes halogenated alkanes) is 2. The molecule has 1 N–H and O–H groups in total. The van der Waals surface area contributed by atoms with Gasteiger partial charge in [0.15, 0.2) is 0 Å². The molecule has 0 saturated carbocycles. The molecule has 1 amide bonds. The van der Waals surface area contributed by atoms with Crippen LogP contribution < -0.4 is 4.74 Å². The second-order valence-electron chi connectivity index (χ2n) is 7.68. The first-order valence-electron chi connectivity index (χ1n) is 10.3. The molecule has 2 rings (SSSR count). The normalized spacial score (nSPS) is 17.4. The maximum absolute atomic E-state index is 12.5. The largest absolute Gasteiger partial charge is 0.497 e. The van der Waals surface area contributed by atoms with Crippen LogP contribution in [0.1, 0.15) is 50.5 Å². The Morgan fingerprint density at radius 3 is 2.57 bits per heavy atom. The van der Waals surface area contributed by atoms with Gasteiger partial charge in [0.05, 0.1) is 13.7 Å². The topological polar surface area (TPSA) is 70.1 Å². The van der Waals surface area contributed by atoms with Gasteiger partial charge >= 0.3 is 5.97 Å². The third-order valence-electron chi connectivity index (χ3n) is 5.57. The number of carboxylic acids is 1. The Labute approximate surface area is 168 Å². The van der Waals surface area contributed by atoms with Gasteiger partial charge in [-0.05, 0) is 63.3 Å². The number of carbonyl (C=O) groups is 2. The van der Waals surface area contributed by atoms with Crippen LogP contribution in [0.4, 0.5) is 0 Å². The highest BCUT2D eigenvalue weighted by Gasteiger charge is 2.23. The van der Waals surface area contributed by atoms with Crippen molar-refractivity contribution >= 4 is 11.9 Å². The van der Waals surface area contributed by atoms with Crippen molar-refractivity contribution in [2.24, 2.45) is 0 Å². The van der Waals surface area contributed by atoms with Crippen molar-refractivity contribution in [3.8, 4) is 5.75 Å². The summed E-state index contributed by atoms with van der Waals surface area (Å²) in [5, 5.41) is 8.95. The van der Waals surface area contributed by atoms with E-state index in [0.717, 1.165) is 63.8 Å². The molecule has 6 heteroatoms. The first-order valence-corrected chi connectivity index (χ1v) is 10.3. The van der Waals surface area contributed by atoms with E-state index in [1.165, 1.54) is 5.56 Å². The minimum Gasteiger partial charge on any atom is -0.497 e. The fourth-order valence-electron chi connectivity index (χ4n) is 3.84. The number of benzene rings is 1. The van der Waals surface area contributed by atoms with Gasteiger partial charge < -0.3 is 14.7 Å². The number of aliphatic carboxylic acids is 1. The molecule has 156 valence electrons. The Bertz CT molecular complexity index is 617. The van der Waals surface area contributed by atoms with E-state index >= 15 is 0 Å². The zero-order valence-electron chi connectivity index (χ0n) is 17.2. The van der Waals surface area contributed by atoms with Crippen LogP contribution in [-0.2, 0) is 16.0 Å². The van der Waals surface area contributed by atoms with Gasteiger partial charge in [-0.15, -0.1) is 0 Å². The average molecular weight is 391 g/mol. The molecule has 1 heterocycles. The highest BCUT2D eigenvalue weighted by molar-refractivity contribution is 5.76. The molecule has 1 aliphatic heterocycles. The van der Waals surface area contributed by atoms with E-state index in [2.05, 4.69) is 12.1 Å². The minimum absolute atomic E-state index is 0.0623. The van der Waals surface area contributed by atoms with Crippen LogP contribution in [0, 0.1) is 0 Å². The average Bonchev–Trinajstić information content (AvgIpc) is 2.94. The van der Waals surface area contributed by atoms with E-state index in [0.29, 0.717) is 6.42 Å². The summed E-state index contributed by atoms with van der Waals surface area (Å²) in [6.07, 6.45) is 7.45. The SMILES string of the molecule is COc1ccc(CCCCCC(=O)N2CCCC(N(C)CC(=O)O)CC2)cc1. The zero-order chi connectivity index (χ0) is 20.4. The van der Waals surface area contributed by atoms with Gasteiger partial charge in [0.2, 0.25) is 5.91 Å². The van der Waals surface area contributed by atoms with Gasteiger partial charge in [0.25, 0.3) is 0 Å². The molecule has 1 unspecified atom stereocenters. The van der Waals surface area contributed by atoms with Crippen molar-refractivity contribution in [3.05, 3.63) is 29.8 Å².